The van der Waals surface area contributed by atoms with E-state index in [-0.39, 0.29) is 24.4 Å². The molecule has 0 aliphatic heterocycles. The predicted octanol–water partition coefficient (Wildman–Crippen LogP) is 3.65. The summed E-state index contributed by atoms with van der Waals surface area (Å²) in [5.74, 6) is 0.991. The maximum absolute atomic E-state index is 11.8. The third kappa shape index (κ3) is 6.45. The highest BCUT2D eigenvalue weighted by Crippen LogP contribution is 2.40. The van der Waals surface area contributed by atoms with Gasteiger partial charge in [-0.25, -0.2) is 0 Å². The molecule has 1 atom stereocenters. The Kier molecular flexibility index (Phi) is 8.76. The molecular formula is C16H33ClN2O. The molecule has 1 aliphatic rings. The summed E-state index contributed by atoms with van der Waals surface area (Å²) in [4.78, 5) is 11.8. The summed E-state index contributed by atoms with van der Waals surface area (Å²) in [6.45, 7) is 8.98. The van der Waals surface area contributed by atoms with Crippen LogP contribution < -0.4 is 11.1 Å². The van der Waals surface area contributed by atoms with Crippen LogP contribution in [0.25, 0.3) is 0 Å². The SMILES string of the molecule is CCC(C)(C)C1CCC(NC(=O)CCC(C)N)CC1.Cl. The lowest BCUT2D eigenvalue weighted by Crippen LogP contribution is -2.40. The topological polar surface area (TPSA) is 55.1 Å². The van der Waals surface area contributed by atoms with Crippen molar-refractivity contribution < 1.29 is 4.79 Å². The smallest absolute Gasteiger partial charge is 0.220 e. The Labute approximate surface area is 130 Å². The van der Waals surface area contributed by atoms with Gasteiger partial charge in [0.2, 0.25) is 5.91 Å². The fraction of sp³-hybridized carbons (Fsp3) is 0.938. The highest BCUT2D eigenvalue weighted by Gasteiger charge is 2.32. The molecule has 1 unspecified atom stereocenters. The molecule has 1 aliphatic carbocycles. The molecule has 0 spiro atoms. The molecule has 1 amide bonds. The number of carbonyl (C=O) groups is 1. The van der Waals surface area contributed by atoms with Gasteiger partial charge in [-0.05, 0) is 50.4 Å². The summed E-state index contributed by atoms with van der Waals surface area (Å²) in [6, 6.07) is 0.510. The molecule has 0 aromatic rings. The van der Waals surface area contributed by atoms with Gasteiger partial charge in [0.05, 0.1) is 0 Å². The first kappa shape index (κ1) is 19.7. The number of carbonyl (C=O) groups excluding carboxylic acids is 1. The maximum atomic E-state index is 11.8. The Hall–Kier alpha value is -0.280. The summed E-state index contributed by atoms with van der Waals surface area (Å²) in [7, 11) is 0. The summed E-state index contributed by atoms with van der Waals surface area (Å²) >= 11 is 0. The molecule has 20 heavy (non-hydrogen) atoms. The molecule has 3 N–H and O–H groups in total. The zero-order chi connectivity index (χ0) is 14.5. The summed E-state index contributed by atoms with van der Waals surface area (Å²) in [5.41, 5.74) is 6.12. The Balaban J connectivity index is 0.00000361. The lowest BCUT2D eigenvalue weighted by Gasteiger charge is -2.39. The summed E-state index contributed by atoms with van der Waals surface area (Å²) in [6.07, 6.45) is 7.36. The molecule has 1 saturated carbocycles. The first-order chi connectivity index (χ1) is 8.85. The largest absolute Gasteiger partial charge is 0.353 e. The van der Waals surface area contributed by atoms with Crippen LogP contribution in [-0.2, 0) is 4.79 Å². The van der Waals surface area contributed by atoms with Crippen molar-refractivity contribution in [2.75, 3.05) is 0 Å². The monoisotopic (exact) mass is 304 g/mol. The van der Waals surface area contributed by atoms with E-state index >= 15 is 0 Å². The molecule has 1 rings (SSSR count). The number of nitrogens with two attached hydrogens (primary N) is 1. The van der Waals surface area contributed by atoms with E-state index in [0.717, 1.165) is 25.2 Å². The zero-order valence-electron chi connectivity index (χ0n) is 13.6. The van der Waals surface area contributed by atoms with Gasteiger partial charge in [-0.2, -0.15) is 0 Å². The van der Waals surface area contributed by atoms with E-state index in [1.54, 1.807) is 0 Å². The minimum Gasteiger partial charge on any atom is -0.353 e. The van der Waals surface area contributed by atoms with Crippen molar-refractivity contribution in [3.05, 3.63) is 0 Å². The van der Waals surface area contributed by atoms with Crippen molar-refractivity contribution in [3.8, 4) is 0 Å². The van der Waals surface area contributed by atoms with Crippen LogP contribution in [0, 0.1) is 11.3 Å². The number of hydrogen-bond donors (Lipinski definition) is 2. The second-order valence-electron chi connectivity index (χ2n) is 6.97. The molecular weight excluding hydrogens is 272 g/mol. The fourth-order valence-electron chi connectivity index (χ4n) is 2.97. The lowest BCUT2D eigenvalue weighted by atomic mass is 9.69. The second-order valence-corrected chi connectivity index (χ2v) is 6.97. The van der Waals surface area contributed by atoms with E-state index in [1.807, 2.05) is 6.92 Å². The number of amides is 1. The third-order valence-electron chi connectivity index (χ3n) is 4.94. The van der Waals surface area contributed by atoms with Crippen molar-refractivity contribution in [1.29, 1.82) is 0 Å². The first-order valence-electron chi connectivity index (χ1n) is 7.90. The van der Waals surface area contributed by atoms with Crippen molar-refractivity contribution in [3.63, 3.8) is 0 Å². The molecule has 120 valence electrons. The third-order valence-corrected chi connectivity index (χ3v) is 4.94. The second kappa shape index (κ2) is 8.89. The van der Waals surface area contributed by atoms with Gasteiger partial charge in [0.15, 0.2) is 0 Å². The van der Waals surface area contributed by atoms with Crippen molar-refractivity contribution in [2.45, 2.75) is 84.7 Å². The Bertz CT molecular complexity index is 284. The van der Waals surface area contributed by atoms with Crippen LogP contribution in [0.2, 0.25) is 0 Å². The zero-order valence-corrected chi connectivity index (χ0v) is 14.4. The van der Waals surface area contributed by atoms with Crippen LogP contribution in [0.3, 0.4) is 0 Å². The van der Waals surface area contributed by atoms with Gasteiger partial charge in [-0.15, -0.1) is 12.4 Å². The van der Waals surface area contributed by atoms with Crippen LogP contribution in [-0.4, -0.2) is 18.0 Å². The Morgan fingerprint density at radius 1 is 1.30 bits per heavy atom. The summed E-state index contributed by atoms with van der Waals surface area (Å²) in [5, 5.41) is 3.17. The van der Waals surface area contributed by atoms with Crippen molar-refractivity contribution >= 4 is 18.3 Å². The normalized spacial score (nSPS) is 24.6. The standard InChI is InChI=1S/C16H32N2O.ClH/c1-5-16(3,4)13-7-9-14(10-8-13)18-15(19)11-6-12(2)17;/h12-14H,5-11,17H2,1-4H3,(H,18,19);1H. The van der Waals surface area contributed by atoms with Crippen LogP contribution in [0.4, 0.5) is 0 Å². The number of rotatable bonds is 6. The molecule has 0 radical (unpaired) electrons. The van der Waals surface area contributed by atoms with E-state index < -0.39 is 0 Å². The Morgan fingerprint density at radius 2 is 1.85 bits per heavy atom. The van der Waals surface area contributed by atoms with Gasteiger partial charge in [0.25, 0.3) is 0 Å². The molecule has 0 bridgehead atoms. The van der Waals surface area contributed by atoms with Gasteiger partial charge in [-0.3, -0.25) is 4.79 Å². The first-order valence-corrected chi connectivity index (χ1v) is 7.90. The number of nitrogens with one attached hydrogen (secondary N) is 1. The number of hydrogen-bond acceptors (Lipinski definition) is 2. The molecule has 0 heterocycles. The number of halogens is 1. The van der Waals surface area contributed by atoms with Gasteiger partial charge >= 0.3 is 0 Å². The van der Waals surface area contributed by atoms with Gasteiger partial charge in [0, 0.05) is 18.5 Å². The van der Waals surface area contributed by atoms with Gasteiger partial charge < -0.3 is 11.1 Å². The molecule has 0 saturated heterocycles. The van der Waals surface area contributed by atoms with Crippen molar-refractivity contribution in [1.82, 2.24) is 5.32 Å². The quantitative estimate of drug-likeness (QED) is 0.787. The Morgan fingerprint density at radius 3 is 2.30 bits per heavy atom. The van der Waals surface area contributed by atoms with E-state index in [9.17, 15) is 4.79 Å². The molecule has 0 aromatic carbocycles. The van der Waals surface area contributed by atoms with Crippen LogP contribution in [0.1, 0.15) is 72.6 Å². The highest BCUT2D eigenvalue weighted by atomic mass is 35.5. The minimum atomic E-state index is 0. The molecule has 4 heteroatoms. The van der Waals surface area contributed by atoms with E-state index in [1.165, 1.54) is 19.3 Å². The van der Waals surface area contributed by atoms with Crippen LogP contribution in [0.15, 0.2) is 0 Å². The van der Waals surface area contributed by atoms with Crippen LogP contribution >= 0.6 is 12.4 Å². The van der Waals surface area contributed by atoms with Crippen LogP contribution in [0.5, 0.6) is 0 Å². The average Bonchev–Trinajstić information content (AvgIpc) is 2.37. The average molecular weight is 305 g/mol. The van der Waals surface area contributed by atoms with Gasteiger partial charge in [0.1, 0.15) is 0 Å². The van der Waals surface area contributed by atoms with E-state index in [4.69, 9.17) is 5.73 Å². The van der Waals surface area contributed by atoms with Gasteiger partial charge in [-0.1, -0.05) is 27.2 Å². The minimum absolute atomic E-state index is 0. The summed E-state index contributed by atoms with van der Waals surface area (Å²) < 4.78 is 0. The molecule has 1 fully saturated rings. The highest BCUT2D eigenvalue weighted by molar-refractivity contribution is 5.85. The molecule has 0 aromatic heterocycles. The van der Waals surface area contributed by atoms with E-state index in [0.29, 0.717) is 17.9 Å². The fourth-order valence-corrected chi connectivity index (χ4v) is 2.97. The maximum Gasteiger partial charge on any atom is 0.220 e. The van der Waals surface area contributed by atoms with Crippen molar-refractivity contribution in [2.24, 2.45) is 17.1 Å². The lowest BCUT2D eigenvalue weighted by molar-refractivity contribution is -0.122. The molecule has 3 nitrogen and oxygen atoms in total. The predicted molar refractivity (Wildman–Crippen MR) is 88.1 cm³/mol. The van der Waals surface area contributed by atoms with E-state index in [2.05, 4.69) is 26.1 Å².